The maximum atomic E-state index is 12.5. The molecule has 17 heavy (non-hydrogen) atoms. The minimum atomic E-state index is -5.10. The highest BCUT2D eigenvalue weighted by atomic mass is 127. The Balaban J connectivity index is 3.57. The number of nitrogens with zero attached hydrogens (tertiary/aromatic N) is 1. The van der Waals surface area contributed by atoms with Gasteiger partial charge in [0.15, 0.2) is 5.69 Å². The third-order valence-electron chi connectivity index (χ3n) is 1.70. The average Bonchev–Trinajstić information content (AvgIpc) is 2.14. The average molecular weight is 367 g/mol. The molecule has 3 nitrogen and oxygen atoms in total. The van der Waals surface area contributed by atoms with Crippen LogP contribution in [0.5, 0.6) is 0 Å². The third-order valence-corrected chi connectivity index (χ3v) is 2.55. The summed E-state index contributed by atoms with van der Waals surface area (Å²) in [7, 11) is 0. The molecule has 0 unspecified atom stereocenters. The summed E-state index contributed by atoms with van der Waals surface area (Å²) in [5.74, 6) is -1.87. The van der Waals surface area contributed by atoms with Gasteiger partial charge in [-0.05, 0) is 28.7 Å². The van der Waals surface area contributed by atoms with Crippen LogP contribution in [0, 0.1) is 3.57 Å². The summed E-state index contributed by atoms with van der Waals surface area (Å²) in [6.45, 7) is 0. The molecule has 9 heteroatoms. The summed E-state index contributed by atoms with van der Waals surface area (Å²) >= 11 is 1.25. The second-order valence-corrected chi connectivity index (χ2v) is 4.02. The normalized spacial score (nSPS) is 11.9. The Labute approximate surface area is 105 Å². The lowest BCUT2D eigenvalue weighted by Gasteiger charge is -2.12. The van der Waals surface area contributed by atoms with E-state index < -0.39 is 39.1 Å². The van der Waals surface area contributed by atoms with Gasteiger partial charge >= 0.3 is 12.1 Å². The van der Waals surface area contributed by atoms with E-state index in [0.29, 0.717) is 6.07 Å². The minimum Gasteiger partial charge on any atom is -0.478 e. The van der Waals surface area contributed by atoms with Crippen LogP contribution in [0.3, 0.4) is 0 Å². The Hall–Kier alpha value is -1.00. The van der Waals surface area contributed by atoms with Crippen molar-refractivity contribution in [2.45, 2.75) is 12.6 Å². The minimum absolute atomic E-state index is 0.437. The van der Waals surface area contributed by atoms with Gasteiger partial charge < -0.3 is 5.11 Å². The number of carboxylic acids is 1. The Morgan fingerprint density at radius 1 is 1.41 bits per heavy atom. The molecule has 1 aromatic rings. The van der Waals surface area contributed by atoms with Gasteiger partial charge in [-0.1, -0.05) is 0 Å². The van der Waals surface area contributed by atoms with Crippen LogP contribution >= 0.6 is 22.6 Å². The second-order valence-electron chi connectivity index (χ2n) is 2.86. The van der Waals surface area contributed by atoms with Gasteiger partial charge in [0.1, 0.15) is 11.3 Å². The number of rotatable bonds is 2. The molecule has 0 aromatic carbocycles. The van der Waals surface area contributed by atoms with Gasteiger partial charge in [-0.2, -0.15) is 13.2 Å². The summed E-state index contributed by atoms with van der Waals surface area (Å²) in [5, 5.41) is 8.61. The van der Waals surface area contributed by atoms with Crippen molar-refractivity contribution in [1.29, 1.82) is 0 Å². The zero-order chi connectivity index (χ0) is 13.4. The molecule has 1 rings (SSSR count). The highest BCUT2D eigenvalue weighted by molar-refractivity contribution is 14.1. The van der Waals surface area contributed by atoms with Crippen molar-refractivity contribution >= 4 is 28.6 Å². The smallest absolute Gasteiger partial charge is 0.434 e. The van der Waals surface area contributed by atoms with E-state index in [0.717, 1.165) is 0 Å². The maximum absolute atomic E-state index is 12.5. The first-order valence-corrected chi connectivity index (χ1v) is 5.01. The van der Waals surface area contributed by atoms with E-state index in [4.69, 9.17) is 5.11 Å². The van der Waals surface area contributed by atoms with Crippen molar-refractivity contribution in [1.82, 2.24) is 4.98 Å². The lowest BCUT2D eigenvalue weighted by Crippen LogP contribution is -2.18. The predicted octanol–water partition coefficient (Wildman–Crippen LogP) is 3.34. The van der Waals surface area contributed by atoms with Crippen molar-refractivity contribution < 1.29 is 31.9 Å². The summed E-state index contributed by atoms with van der Waals surface area (Å²) < 4.78 is 61.5. The van der Waals surface area contributed by atoms with Crippen molar-refractivity contribution in [3.63, 3.8) is 0 Å². The predicted molar refractivity (Wildman–Crippen MR) is 53.9 cm³/mol. The fraction of sp³-hybridized carbons (Fsp3) is 0.250. The molecule has 0 aliphatic heterocycles. The standard InChI is InChI=1S/C8H3F5INO2/c9-6(10)3-1-2(14)4(7(16)17)5(15-3)8(11,12)13/h1,6H,(H,16,17). The Morgan fingerprint density at radius 3 is 2.29 bits per heavy atom. The van der Waals surface area contributed by atoms with Crippen LogP contribution in [0.2, 0.25) is 0 Å². The van der Waals surface area contributed by atoms with Crippen molar-refractivity contribution in [2.24, 2.45) is 0 Å². The van der Waals surface area contributed by atoms with E-state index in [1.807, 2.05) is 0 Å². The fourth-order valence-electron chi connectivity index (χ4n) is 1.05. The highest BCUT2D eigenvalue weighted by Crippen LogP contribution is 2.34. The van der Waals surface area contributed by atoms with Crippen LogP contribution in [0.15, 0.2) is 6.07 Å². The molecule has 94 valence electrons. The first-order valence-electron chi connectivity index (χ1n) is 3.93. The summed E-state index contributed by atoms with van der Waals surface area (Å²) in [4.78, 5) is 13.3. The Kier molecular flexibility index (Phi) is 3.89. The van der Waals surface area contributed by atoms with Gasteiger partial charge in [-0.15, -0.1) is 0 Å². The van der Waals surface area contributed by atoms with Crippen LogP contribution < -0.4 is 0 Å². The molecule has 1 aromatic heterocycles. The van der Waals surface area contributed by atoms with Gasteiger partial charge in [0.25, 0.3) is 6.43 Å². The molecule has 1 N–H and O–H groups in total. The third kappa shape index (κ3) is 3.01. The number of aromatic nitrogens is 1. The summed E-state index contributed by atoms with van der Waals surface area (Å²) in [6.07, 6.45) is -8.30. The number of carboxylic acid groups (broad SMARTS) is 1. The maximum Gasteiger partial charge on any atom is 0.434 e. The topological polar surface area (TPSA) is 50.2 Å². The molecular formula is C8H3F5INO2. The van der Waals surface area contributed by atoms with E-state index in [1.54, 1.807) is 0 Å². The van der Waals surface area contributed by atoms with Gasteiger partial charge in [-0.3, -0.25) is 0 Å². The lowest BCUT2D eigenvalue weighted by atomic mass is 10.1. The number of pyridine rings is 1. The van der Waals surface area contributed by atoms with Gasteiger partial charge in [0.05, 0.1) is 0 Å². The lowest BCUT2D eigenvalue weighted by molar-refractivity contribution is -0.142. The first kappa shape index (κ1) is 14.1. The number of hydrogen-bond acceptors (Lipinski definition) is 2. The van der Waals surface area contributed by atoms with Crippen molar-refractivity contribution in [3.05, 3.63) is 26.6 Å². The Bertz CT molecular complexity index is 460. The van der Waals surface area contributed by atoms with E-state index >= 15 is 0 Å². The number of halogens is 6. The van der Waals surface area contributed by atoms with Crippen LogP contribution in [0.4, 0.5) is 22.0 Å². The number of alkyl halides is 5. The zero-order valence-corrected chi connectivity index (χ0v) is 9.88. The molecule has 0 saturated heterocycles. The van der Waals surface area contributed by atoms with E-state index in [1.165, 1.54) is 22.6 Å². The molecule has 1 heterocycles. The quantitative estimate of drug-likeness (QED) is 0.645. The largest absolute Gasteiger partial charge is 0.478 e. The second kappa shape index (κ2) is 4.70. The zero-order valence-electron chi connectivity index (χ0n) is 7.73. The number of aromatic carboxylic acids is 1. The molecule has 0 atom stereocenters. The van der Waals surface area contributed by atoms with Crippen LogP contribution in [0.25, 0.3) is 0 Å². The Morgan fingerprint density at radius 2 is 1.94 bits per heavy atom. The molecule has 0 aliphatic carbocycles. The van der Waals surface area contributed by atoms with Crippen LogP contribution in [-0.4, -0.2) is 16.1 Å². The van der Waals surface area contributed by atoms with Gasteiger partial charge in [0, 0.05) is 3.57 Å². The van der Waals surface area contributed by atoms with Crippen molar-refractivity contribution in [3.8, 4) is 0 Å². The van der Waals surface area contributed by atoms with E-state index in [9.17, 15) is 26.7 Å². The molecule has 0 radical (unpaired) electrons. The molecule has 0 aliphatic rings. The SMILES string of the molecule is O=C(O)c1c(I)cc(C(F)F)nc1C(F)(F)F. The van der Waals surface area contributed by atoms with E-state index in [2.05, 4.69) is 4.98 Å². The highest BCUT2D eigenvalue weighted by Gasteiger charge is 2.39. The molecule has 0 bridgehead atoms. The van der Waals surface area contributed by atoms with E-state index in [-0.39, 0.29) is 0 Å². The van der Waals surface area contributed by atoms with Gasteiger partial charge in [0.2, 0.25) is 0 Å². The molecule has 0 spiro atoms. The first-order chi connectivity index (χ1) is 7.64. The fourth-order valence-corrected chi connectivity index (χ4v) is 1.86. The number of hydrogen-bond donors (Lipinski definition) is 1. The van der Waals surface area contributed by atoms with Crippen LogP contribution in [-0.2, 0) is 6.18 Å². The summed E-state index contributed by atoms with van der Waals surface area (Å²) in [5.41, 5.74) is -4.04. The molecular weight excluding hydrogens is 364 g/mol. The molecule has 0 saturated carbocycles. The molecule has 0 fully saturated rings. The number of carbonyl (C=O) groups is 1. The monoisotopic (exact) mass is 367 g/mol. The van der Waals surface area contributed by atoms with Crippen LogP contribution in [0.1, 0.15) is 28.2 Å². The van der Waals surface area contributed by atoms with Crippen molar-refractivity contribution in [2.75, 3.05) is 0 Å². The summed E-state index contributed by atoms with van der Waals surface area (Å²) in [6, 6.07) is 0.615. The van der Waals surface area contributed by atoms with Gasteiger partial charge in [-0.25, -0.2) is 18.6 Å². The molecule has 0 amide bonds.